The number of carboxylic acids is 1. The Hall–Kier alpha value is -2.59. The second kappa shape index (κ2) is 5.31. The normalized spacial score (nSPS) is 12.0. The first-order valence-electron chi connectivity index (χ1n) is 5.46. The minimum atomic E-state index is -5.13. The summed E-state index contributed by atoms with van der Waals surface area (Å²) in [7, 11) is 0. The molecule has 22 heavy (non-hydrogen) atoms. The van der Waals surface area contributed by atoms with Gasteiger partial charge in [-0.25, -0.2) is 27.6 Å². The molecular weight excluding hydrogens is 320 g/mol. The Morgan fingerprint density at radius 3 is 2.41 bits per heavy atom. The van der Waals surface area contributed by atoms with Gasteiger partial charge in [-0.3, -0.25) is 0 Å². The number of rotatable bonds is 3. The smallest absolute Gasteiger partial charge is 0.434 e. The van der Waals surface area contributed by atoms with Gasteiger partial charge in [0.1, 0.15) is 11.3 Å². The van der Waals surface area contributed by atoms with Crippen molar-refractivity contribution >= 4 is 5.97 Å². The number of carbonyl (C=O) groups is 1. The van der Waals surface area contributed by atoms with Crippen molar-refractivity contribution in [2.24, 2.45) is 0 Å². The highest BCUT2D eigenvalue weighted by Gasteiger charge is 2.41. The standard InChI is InChI=1S/C11H5F6N3O2/c12-5-1-2-6(19-7(5)9(13)14)20-8(11(15,16)17)4(3-18-20)10(21)22/h1-3,9H,(H,21,22). The zero-order chi connectivity index (χ0) is 16.7. The third-order valence-electron chi connectivity index (χ3n) is 2.55. The highest BCUT2D eigenvalue weighted by Crippen LogP contribution is 2.33. The predicted octanol–water partition coefficient (Wildman–Crippen LogP) is 3.06. The molecule has 2 rings (SSSR count). The van der Waals surface area contributed by atoms with E-state index in [1.807, 2.05) is 0 Å². The molecule has 1 N–H and O–H groups in total. The molecule has 11 heteroatoms. The highest BCUT2D eigenvalue weighted by molar-refractivity contribution is 5.89. The summed E-state index contributed by atoms with van der Waals surface area (Å²) in [6.07, 6.45) is -8.09. The first-order valence-corrected chi connectivity index (χ1v) is 5.46. The van der Waals surface area contributed by atoms with Crippen molar-refractivity contribution in [1.82, 2.24) is 14.8 Å². The molecule has 118 valence electrons. The van der Waals surface area contributed by atoms with Crippen LogP contribution in [-0.2, 0) is 6.18 Å². The van der Waals surface area contributed by atoms with Gasteiger partial charge in [-0.1, -0.05) is 0 Å². The molecule has 2 heterocycles. The average Bonchev–Trinajstić information content (AvgIpc) is 2.83. The van der Waals surface area contributed by atoms with Gasteiger partial charge < -0.3 is 5.11 Å². The first-order chi connectivity index (χ1) is 10.1. The summed E-state index contributed by atoms with van der Waals surface area (Å²) >= 11 is 0. The molecule has 0 aliphatic heterocycles. The topological polar surface area (TPSA) is 68.0 Å². The molecule has 0 amide bonds. The summed E-state index contributed by atoms with van der Waals surface area (Å²) < 4.78 is 77.1. The Labute approximate surface area is 117 Å². The Morgan fingerprint density at radius 1 is 1.27 bits per heavy atom. The molecule has 0 fully saturated rings. The molecule has 2 aromatic rings. The Kier molecular flexibility index (Phi) is 3.81. The fourth-order valence-electron chi connectivity index (χ4n) is 1.67. The lowest BCUT2D eigenvalue weighted by Crippen LogP contribution is -2.18. The quantitative estimate of drug-likeness (QED) is 0.881. The molecule has 0 aliphatic rings. The Balaban J connectivity index is 2.68. The van der Waals surface area contributed by atoms with Crippen LogP contribution >= 0.6 is 0 Å². The third-order valence-corrected chi connectivity index (χ3v) is 2.55. The number of carboxylic acid groups (broad SMARTS) is 1. The molecule has 2 aromatic heterocycles. The summed E-state index contributed by atoms with van der Waals surface area (Å²) in [6.45, 7) is 0. The molecule has 0 aliphatic carbocycles. The summed E-state index contributed by atoms with van der Waals surface area (Å²) in [5.74, 6) is -4.09. The number of hydrogen-bond acceptors (Lipinski definition) is 3. The molecule has 0 unspecified atom stereocenters. The maximum Gasteiger partial charge on any atom is 0.434 e. The monoisotopic (exact) mass is 325 g/mol. The van der Waals surface area contributed by atoms with Crippen molar-refractivity contribution in [1.29, 1.82) is 0 Å². The van der Waals surface area contributed by atoms with Crippen molar-refractivity contribution in [3.05, 3.63) is 41.1 Å². The lowest BCUT2D eigenvalue weighted by atomic mass is 10.2. The predicted molar refractivity (Wildman–Crippen MR) is 58.2 cm³/mol. The average molecular weight is 325 g/mol. The van der Waals surface area contributed by atoms with E-state index >= 15 is 0 Å². The van der Waals surface area contributed by atoms with E-state index in [0.717, 1.165) is 0 Å². The van der Waals surface area contributed by atoms with Crippen molar-refractivity contribution in [2.75, 3.05) is 0 Å². The lowest BCUT2D eigenvalue weighted by molar-refractivity contribution is -0.143. The number of aromatic nitrogens is 3. The van der Waals surface area contributed by atoms with Gasteiger partial charge in [0.25, 0.3) is 6.43 Å². The maximum absolute atomic E-state index is 13.1. The zero-order valence-corrected chi connectivity index (χ0v) is 10.3. The van der Waals surface area contributed by atoms with Crippen LogP contribution in [0.3, 0.4) is 0 Å². The number of aromatic carboxylic acids is 1. The molecule has 0 radical (unpaired) electrons. The summed E-state index contributed by atoms with van der Waals surface area (Å²) in [4.78, 5) is 13.9. The van der Waals surface area contributed by atoms with Crippen molar-refractivity contribution in [3.8, 4) is 5.82 Å². The first kappa shape index (κ1) is 15.8. The van der Waals surface area contributed by atoms with Crippen LogP contribution in [0.5, 0.6) is 0 Å². The van der Waals surface area contributed by atoms with Gasteiger partial charge >= 0.3 is 12.1 Å². The summed E-state index contributed by atoms with van der Waals surface area (Å²) in [5.41, 5.74) is -4.26. The number of nitrogens with zero attached hydrogens (tertiary/aromatic N) is 3. The van der Waals surface area contributed by atoms with Crippen LogP contribution in [0.4, 0.5) is 26.3 Å². The van der Waals surface area contributed by atoms with Crippen LogP contribution in [0.1, 0.15) is 28.2 Å². The molecule has 0 saturated carbocycles. The van der Waals surface area contributed by atoms with Gasteiger partial charge in [-0.2, -0.15) is 18.3 Å². The molecule has 0 saturated heterocycles. The van der Waals surface area contributed by atoms with Crippen molar-refractivity contribution in [3.63, 3.8) is 0 Å². The Morgan fingerprint density at radius 2 is 1.91 bits per heavy atom. The van der Waals surface area contributed by atoms with Crippen LogP contribution in [0.25, 0.3) is 5.82 Å². The fourth-order valence-corrected chi connectivity index (χ4v) is 1.67. The molecule has 5 nitrogen and oxygen atoms in total. The van der Waals surface area contributed by atoms with Gasteiger partial charge in [-0.05, 0) is 12.1 Å². The van der Waals surface area contributed by atoms with Crippen molar-refractivity contribution in [2.45, 2.75) is 12.6 Å². The number of pyridine rings is 1. The molecule has 0 aromatic carbocycles. The van der Waals surface area contributed by atoms with Gasteiger partial charge in [0.05, 0.1) is 6.20 Å². The second-order valence-electron chi connectivity index (χ2n) is 3.96. The second-order valence-corrected chi connectivity index (χ2v) is 3.96. The summed E-state index contributed by atoms with van der Waals surface area (Å²) in [6, 6.07) is 1.17. The number of alkyl halides is 5. The van der Waals surface area contributed by atoms with Crippen LogP contribution in [0, 0.1) is 5.82 Å². The molecule has 0 atom stereocenters. The van der Waals surface area contributed by atoms with E-state index in [-0.39, 0.29) is 4.68 Å². The van der Waals surface area contributed by atoms with Crippen LogP contribution in [-0.4, -0.2) is 25.8 Å². The van der Waals surface area contributed by atoms with E-state index in [2.05, 4.69) is 10.1 Å². The zero-order valence-electron chi connectivity index (χ0n) is 10.3. The van der Waals surface area contributed by atoms with Gasteiger partial charge in [0, 0.05) is 0 Å². The molecule has 0 bridgehead atoms. The maximum atomic E-state index is 13.1. The number of hydrogen-bond donors (Lipinski definition) is 1. The van der Waals surface area contributed by atoms with Crippen LogP contribution in [0.15, 0.2) is 18.3 Å². The van der Waals surface area contributed by atoms with E-state index in [0.29, 0.717) is 18.3 Å². The van der Waals surface area contributed by atoms with Gasteiger partial charge in [-0.15, -0.1) is 0 Å². The minimum absolute atomic E-state index is 0.0226. The van der Waals surface area contributed by atoms with E-state index in [9.17, 15) is 31.1 Å². The van der Waals surface area contributed by atoms with E-state index < -0.39 is 47.2 Å². The summed E-state index contributed by atoms with van der Waals surface area (Å²) in [5, 5.41) is 11.9. The molecular formula is C11H5F6N3O2. The van der Waals surface area contributed by atoms with Crippen LogP contribution in [0.2, 0.25) is 0 Å². The van der Waals surface area contributed by atoms with Gasteiger partial charge in [0.2, 0.25) is 0 Å². The largest absolute Gasteiger partial charge is 0.478 e. The minimum Gasteiger partial charge on any atom is -0.478 e. The van der Waals surface area contributed by atoms with E-state index in [1.54, 1.807) is 0 Å². The van der Waals surface area contributed by atoms with Crippen molar-refractivity contribution < 1.29 is 36.2 Å². The SMILES string of the molecule is O=C(O)c1cnn(-c2ccc(F)c(C(F)F)n2)c1C(F)(F)F. The van der Waals surface area contributed by atoms with E-state index in [1.165, 1.54) is 0 Å². The third kappa shape index (κ3) is 2.73. The fraction of sp³-hybridized carbons (Fsp3) is 0.182. The highest BCUT2D eigenvalue weighted by atomic mass is 19.4. The molecule has 0 spiro atoms. The Bertz CT molecular complexity index is 725. The number of halogens is 6. The van der Waals surface area contributed by atoms with Gasteiger partial charge in [0.15, 0.2) is 17.3 Å². The van der Waals surface area contributed by atoms with E-state index in [4.69, 9.17) is 5.11 Å². The lowest BCUT2D eigenvalue weighted by Gasteiger charge is -2.12. The van der Waals surface area contributed by atoms with Crippen LogP contribution < -0.4 is 0 Å².